The van der Waals surface area contributed by atoms with E-state index in [9.17, 15) is 9.18 Å². The van der Waals surface area contributed by atoms with E-state index in [1.807, 2.05) is 42.5 Å². The first-order chi connectivity index (χ1) is 23.0. The molecule has 4 aromatic rings. The number of nitrogens with one attached hydrogen (secondary N) is 3. The molecule has 47 heavy (non-hydrogen) atoms. The van der Waals surface area contributed by atoms with Gasteiger partial charge in [0.1, 0.15) is 11.5 Å². The Morgan fingerprint density at radius 1 is 1.00 bits per heavy atom. The monoisotopic (exact) mass is 662 g/mol. The van der Waals surface area contributed by atoms with Crippen LogP contribution in [0.4, 0.5) is 4.39 Å². The van der Waals surface area contributed by atoms with Gasteiger partial charge in [-0.2, -0.15) is 0 Å². The molecule has 1 amide bonds. The summed E-state index contributed by atoms with van der Waals surface area (Å²) < 4.78 is 25.4. The summed E-state index contributed by atoms with van der Waals surface area (Å²) in [7, 11) is 1.68. The first kappa shape index (κ1) is 33.2. The first-order valence-corrected chi connectivity index (χ1v) is 16.8. The van der Waals surface area contributed by atoms with Crippen molar-refractivity contribution in [2.24, 2.45) is 0 Å². The van der Waals surface area contributed by atoms with Crippen molar-refractivity contribution >= 4 is 28.4 Å². The van der Waals surface area contributed by atoms with Crippen LogP contribution < -0.4 is 25.4 Å². The number of nitrogens with zero attached hydrogens (tertiary/aromatic N) is 3. The molecule has 3 aromatic carbocycles. The Labute approximate surface area is 281 Å². The number of alkyl halides is 1. The van der Waals surface area contributed by atoms with E-state index in [1.54, 1.807) is 7.11 Å². The summed E-state index contributed by atoms with van der Waals surface area (Å²) in [5.74, 6) is 1.34. The number of fused-ring (bicyclic) bond motifs is 1. The van der Waals surface area contributed by atoms with Crippen molar-refractivity contribution in [1.29, 1.82) is 0 Å². The first-order valence-electron chi connectivity index (χ1n) is 16.4. The highest BCUT2D eigenvalue weighted by Gasteiger charge is 2.22. The zero-order chi connectivity index (χ0) is 32.6. The number of ether oxygens (including phenoxy) is 2. The summed E-state index contributed by atoms with van der Waals surface area (Å²) >= 11 is 6.79. The lowest BCUT2D eigenvalue weighted by Crippen LogP contribution is -2.55. The van der Waals surface area contributed by atoms with Crippen LogP contribution in [0, 0.1) is 0 Å². The van der Waals surface area contributed by atoms with Crippen molar-refractivity contribution in [3.05, 3.63) is 83.0 Å². The van der Waals surface area contributed by atoms with Crippen molar-refractivity contribution < 1.29 is 18.7 Å². The highest BCUT2D eigenvalue weighted by molar-refractivity contribution is 6.34. The van der Waals surface area contributed by atoms with Crippen LogP contribution in [0.2, 0.25) is 5.02 Å². The van der Waals surface area contributed by atoms with Gasteiger partial charge in [-0.3, -0.25) is 14.6 Å². The number of aryl methyl sites for hydroxylation is 1. The number of carbonyl (C=O) groups excluding carboxylic acids is 1. The SMILES string of the molecule is COc1cccc(Cl)c1-c1cn(CCCNC(=O)C2CNCCN2)c2ccc(CN3CCN(Cc4ccc(OCF)cc4)CC3)cc12. The molecular formula is C36H44ClFN6O3. The highest BCUT2D eigenvalue weighted by Crippen LogP contribution is 2.41. The quantitative estimate of drug-likeness (QED) is 0.180. The Morgan fingerprint density at radius 3 is 2.45 bits per heavy atom. The minimum absolute atomic E-state index is 0.0421. The fraction of sp³-hybridized carbons (Fsp3) is 0.417. The molecule has 0 spiro atoms. The third kappa shape index (κ3) is 8.25. The van der Waals surface area contributed by atoms with Crippen LogP contribution in [0.15, 0.2) is 66.9 Å². The average molecular weight is 663 g/mol. The van der Waals surface area contributed by atoms with E-state index in [-0.39, 0.29) is 11.9 Å². The summed E-state index contributed by atoms with van der Waals surface area (Å²) in [6.45, 7) is 8.53. The fourth-order valence-electron chi connectivity index (χ4n) is 6.56. The molecule has 2 aliphatic rings. The number of piperazine rings is 2. The number of benzene rings is 3. The van der Waals surface area contributed by atoms with E-state index < -0.39 is 6.86 Å². The second kappa shape index (κ2) is 16.0. The van der Waals surface area contributed by atoms with Crippen molar-refractivity contribution in [3.8, 4) is 22.6 Å². The molecule has 1 aromatic heterocycles. The molecule has 3 N–H and O–H groups in total. The van der Waals surface area contributed by atoms with Crippen molar-refractivity contribution in [3.63, 3.8) is 0 Å². The van der Waals surface area contributed by atoms with Crippen LogP contribution in [-0.4, -0.2) is 92.6 Å². The molecule has 0 radical (unpaired) electrons. The smallest absolute Gasteiger partial charge is 0.238 e. The summed E-state index contributed by atoms with van der Waals surface area (Å²) in [5.41, 5.74) is 5.50. The molecule has 0 bridgehead atoms. The maximum atomic E-state index is 12.6. The Kier molecular flexibility index (Phi) is 11.3. The number of rotatable bonds is 13. The summed E-state index contributed by atoms with van der Waals surface area (Å²) in [6.07, 6.45) is 2.97. The lowest BCUT2D eigenvalue weighted by Gasteiger charge is -2.34. The third-order valence-electron chi connectivity index (χ3n) is 9.06. The zero-order valence-corrected chi connectivity index (χ0v) is 27.7. The van der Waals surface area contributed by atoms with Gasteiger partial charge in [-0.25, -0.2) is 4.39 Å². The average Bonchev–Trinajstić information content (AvgIpc) is 3.45. The second-order valence-electron chi connectivity index (χ2n) is 12.2. The molecule has 3 heterocycles. The number of carbonyl (C=O) groups is 1. The number of methoxy groups -OCH3 is 1. The molecule has 1 unspecified atom stereocenters. The van der Waals surface area contributed by atoms with Gasteiger partial charge in [0.25, 0.3) is 0 Å². The number of halogens is 2. The number of hydrogen-bond acceptors (Lipinski definition) is 7. The predicted molar refractivity (Wildman–Crippen MR) is 185 cm³/mol. The Bertz CT molecular complexity index is 1630. The lowest BCUT2D eigenvalue weighted by atomic mass is 10.0. The van der Waals surface area contributed by atoms with E-state index in [4.69, 9.17) is 21.1 Å². The molecule has 0 aliphatic carbocycles. The van der Waals surface area contributed by atoms with Crippen LogP contribution in [0.25, 0.3) is 22.0 Å². The lowest BCUT2D eigenvalue weighted by molar-refractivity contribution is -0.123. The second-order valence-corrected chi connectivity index (χ2v) is 12.6. The Balaban J connectivity index is 1.13. The normalized spacial score (nSPS) is 17.6. The van der Waals surface area contributed by atoms with Gasteiger partial charge in [0, 0.05) is 100 Å². The van der Waals surface area contributed by atoms with Crippen molar-refractivity contribution in [1.82, 2.24) is 30.3 Å². The summed E-state index contributed by atoms with van der Waals surface area (Å²) in [6, 6.07) is 20.0. The van der Waals surface area contributed by atoms with Gasteiger partial charge in [0.15, 0.2) is 0 Å². The van der Waals surface area contributed by atoms with Gasteiger partial charge >= 0.3 is 0 Å². The summed E-state index contributed by atoms with van der Waals surface area (Å²) in [5, 5.41) is 11.4. The number of aromatic nitrogens is 1. The van der Waals surface area contributed by atoms with Crippen LogP contribution in [0.5, 0.6) is 11.5 Å². The van der Waals surface area contributed by atoms with Gasteiger partial charge in [0.05, 0.1) is 18.2 Å². The van der Waals surface area contributed by atoms with Gasteiger partial charge in [-0.15, -0.1) is 0 Å². The van der Waals surface area contributed by atoms with Gasteiger partial charge < -0.3 is 30.0 Å². The van der Waals surface area contributed by atoms with Gasteiger partial charge in [0.2, 0.25) is 12.8 Å². The van der Waals surface area contributed by atoms with E-state index in [0.717, 1.165) is 93.1 Å². The van der Waals surface area contributed by atoms with Crippen LogP contribution >= 0.6 is 11.6 Å². The minimum atomic E-state index is -0.812. The zero-order valence-electron chi connectivity index (χ0n) is 26.9. The van der Waals surface area contributed by atoms with Crippen LogP contribution in [-0.2, 0) is 24.4 Å². The Hall–Kier alpha value is -3.67. The minimum Gasteiger partial charge on any atom is -0.496 e. The van der Waals surface area contributed by atoms with Crippen LogP contribution in [0.1, 0.15) is 17.5 Å². The van der Waals surface area contributed by atoms with Gasteiger partial charge in [-0.05, 0) is 53.9 Å². The van der Waals surface area contributed by atoms with Gasteiger partial charge in [-0.1, -0.05) is 35.9 Å². The molecule has 2 aliphatic heterocycles. The van der Waals surface area contributed by atoms with E-state index in [1.165, 1.54) is 11.1 Å². The predicted octanol–water partition coefficient (Wildman–Crippen LogP) is 4.66. The Morgan fingerprint density at radius 2 is 1.74 bits per heavy atom. The highest BCUT2D eigenvalue weighted by atomic mass is 35.5. The largest absolute Gasteiger partial charge is 0.496 e. The van der Waals surface area contributed by atoms with E-state index in [0.29, 0.717) is 23.9 Å². The molecular weight excluding hydrogens is 619 g/mol. The standard InChI is InChI=1S/C36H44ClFN6O3/c1-46-34-5-2-4-31(37)35(34)30-24-44(15-3-12-41-36(45)32-21-39-13-14-40-32)33-11-8-27(20-29(30)33)23-43-18-16-42(17-19-43)22-26-6-9-28(10-7-26)47-25-38/h2,4-11,20,24,32,39-40H,3,12-19,21-23,25H2,1H3,(H,41,45). The maximum Gasteiger partial charge on any atom is 0.238 e. The maximum absolute atomic E-state index is 12.6. The molecule has 0 saturated carbocycles. The summed E-state index contributed by atoms with van der Waals surface area (Å²) in [4.78, 5) is 17.5. The molecule has 9 nitrogen and oxygen atoms in total. The van der Waals surface area contributed by atoms with Crippen molar-refractivity contribution in [2.45, 2.75) is 32.1 Å². The van der Waals surface area contributed by atoms with E-state index >= 15 is 0 Å². The third-order valence-corrected chi connectivity index (χ3v) is 9.38. The number of hydrogen-bond donors (Lipinski definition) is 3. The topological polar surface area (TPSA) is 83.0 Å². The van der Waals surface area contributed by atoms with E-state index in [2.05, 4.69) is 54.7 Å². The molecule has 1 atom stereocenters. The molecule has 6 rings (SSSR count). The molecule has 250 valence electrons. The van der Waals surface area contributed by atoms with Crippen LogP contribution in [0.3, 0.4) is 0 Å². The van der Waals surface area contributed by atoms with Crippen molar-refractivity contribution in [2.75, 3.05) is 66.3 Å². The molecule has 11 heteroatoms. The molecule has 2 fully saturated rings. The number of amides is 1. The fourth-order valence-corrected chi connectivity index (χ4v) is 6.83. The molecule has 2 saturated heterocycles.